The maximum Gasteiger partial charge on any atom is 0.266 e. The summed E-state index contributed by atoms with van der Waals surface area (Å²) in [5.74, 6) is -0.689. The Morgan fingerprint density at radius 3 is 2.57 bits per heavy atom. The molecule has 0 fully saturated rings. The Balaban J connectivity index is 1.61. The number of halogens is 1. The van der Waals surface area contributed by atoms with Gasteiger partial charge in [-0.25, -0.2) is 9.37 Å². The van der Waals surface area contributed by atoms with Crippen molar-refractivity contribution in [1.82, 2.24) is 9.55 Å². The average Bonchev–Trinajstić information content (AvgIpc) is 2.96. The Morgan fingerprint density at radius 2 is 1.75 bits per heavy atom. The van der Waals surface area contributed by atoms with Crippen molar-refractivity contribution < 1.29 is 9.18 Å². The molecule has 0 radical (unpaired) electrons. The molecule has 0 amide bonds. The molecule has 1 aliphatic heterocycles. The maximum atomic E-state index is 13.5. The molecular formula is C23H23FN2O2. The minimum atomic E-state index is -0.478. The van der Waals surface area contributed by atoms with Gasteiger partial charge in [0, 0.05) is 6.07 Å². The second-order valence-electron chi connectivity index (χ2n) is 7.44. The molecule has 1 aliphatic rings. The van der Waals surface area contributed by atoms with Crippen LogP contribution in [0, 0.1) is 5.82 Å². The number of unbranched alkanes of at least 4 members (excludes halogenated alkanes) is 5. The number of aryl methyl sites for hydroxylation is 1. The summed E-state index contributed by atoms with van der Waals surface area (Å²) in [7, 11) is 0. The normalized spacial score (nSPS) is 12.4. The lowest BCUT2D eigenvalue weighted by Crippen LogP contribution is -2.21. The number of fused-ring (bicyclic) bond motifs is 4. The molecule has 0 N–H and O–H groups in total. The van der Waals surface area contributed by atoms with E-state index in [9.17, 15) is 14.0 Å². The molecule has 5 heteroatoms. The van der Waals surface area contributed by atoms with Gasteiger partial charge in [-0.2, -0.15) is 0 Å². The molecule has 0 atom stereocenters. The minimum Gasteiger partial charge on any atom is -0.285 e. The van der Waals surface area contributed by atoms with Crippen molar-refractivity contribution in [3.05, 3.63) is 69.5 Å². The van der Waals surface area contributed by atoms with Gasteiger partial charge in [0.15, 0.2) is 5.82 Å². The molecular weight excluding hydrogens is 355 g/mol. The van der Waals surface area contributed by atoms with Crippen molar-refractivity contribution in [3.63, 3.8) is 0 Å². The van der Waals surface area contributed by atoms with Crippen LogP contribution in [0.25, 0.3) is 16.6 Å². The quantitative estimate of drug-likeness (QED) is 0.427. The van der Waals surface area contributed by atoms with Gasteiger partial charge in [-0.3, -0.25) is 14.2 Å². The summed E-state index contributed by atoms with van der Waals surface area (Å²) < 4.78 is 14.9. The van der Waals surface area contributed by atoms with Crippen LogP contribution in [0.1, 0.15) is 67.2 Å². The van der Waals surface area contributed by atoms with E-state index in [0.717, 1.165) is 18.4 Å². The summed E-state index contributed by atoms with van der Waals surface area (Å²) in [6.07, 6.45) is 8.23. The first kappa shape index (κ1) is 18.5. The standard InChI is InChI=1S/C23H23FN2O2/c1-2-3-4-5-6-7-8-15-9-12-20-18(13-15)21(27)22-25-19-14-16(24)10-11-17(19)23(28)26(20)22/h9-14H,2-8H2,1H3. The van der Waals surface area contributed by atoms with Crippen LogP contribution >= 0.6 is 0 Å². The number of nitrogens with zero attached hydrogens (tertiary/aromatic N) is 2. The highest BCUT2D eigenvalue weighted by Crippen LogP contribution is 2.28. The fourth-order valence-corrected chi connectivity index (χ4v) is 3.88. The Hall–Kier alpha value is -2.82. The van der Waals surface area contributed by atoms with E-state index in [0.29, 0.717) is 16.6 Å². The van der Waals surface area contributed by atoms with Crippen LogP contribution in [0.15, 0.2) is 41.2 Å². The Kier molecular flexibility index (Phi) is 5.07. The molecule has 28 heavy (non-hydrogen) atoms. The number of benzene rings is 2. The Bertz CT molecular complexity index is 1120. The molecule has 4 rings (SSSR count). The smallest absolute Gasteiger partial charge is 0.266 e. The van der Waals surface area contributed by atoms with Crippen molar-refractivity contribution in [2.45, 2.75) is 51.9 Å². The van der Waals surface area contributed by atoms with Gasteiger partial charge in [-0.05, 0) is 42.7 Å². The van der Waals surface area contributed by atoms with Crippen molar-refractivity contribution in [1.29, 1.82) is 0 Å². The van der Waals surface area contributed by atoms with Crippen LogP contribution < -0.4 is 5.56 Å². The molecule has 4 nitrogen and oxygen atoms in total. The van der Waals surface area contributed by atoms with Crippen LogP contribution in [0.4, 0.5) is 4.39 Å². The summed E-state index contributed by atoms with van der Waals surface area (Å²) in [6, 6.07) is 9.53. The summed E-state index contributed by atoms with van der Waals surface area (Å²) in [4.78, 5) is 30.0. The molecule has 0 unspecified atom stereocenters. The number of ketones is 1. The summed E-state index contributed by atoms with van der Waals surface area (Å²) in [5.41, 5.74) is 2.04. The largest absolute Gasteiger partial charge is 0.285 e. The number of carbonyl (C=O) groups is 1. The predicted octanol–water partition coefficient (Wildman–Crippen LogP) is 4.97. The molecule has 0 bridgehead atoms. The third-order valence-electron chi connectivity index (χ3n) is 5.40. The van der Waals surface area contributed by atoms with Gasteiger partial charge in [0.05, 0.1) is 22.2 Å². The van der Waals surface area contributed by atoms with Crippen LogP contribution in [-0.4, -0.2) is 15.3 Å². The van der Waals surface area contributed by atoms with E-state index >= 15 is 0 Å². The van der Waals surface area contributed by atoms with Gasteiger partial charge >= 0.3 is 0 Å². The van der Waals surface area contributed by atoms with Crippen molar-refractivity contribution >= 4 is 16.7 Å². The number of carbonyl (C=O) groups excluding carboxylic acids is 1. The lowest BCUT2D eigenvalue weighted by Gasteiger charge is -2.07. The van der Waals surface area contributed by atoms with Gasteiger partial charge < -0.3 is 0 Å². The molecule has 3 aromatic rings. The average molecular weight is 378 g/mol. The van der Waals surface area contributed by atoms with Crippen LogP contribution in [0.3, 0.4) is 0 Å². The van der Waals surface area contributed by atoms with Crippen molar-refractivity contribution in [2.75, 3.05) is 0 Å². The minimum absolute atomic E-state index is 0.0646. The zero-order chi connectivity index (χ0) is 19.7. The molecule has 0 spiro atoms. The molecule has 0 saturated carbocycles. The highest BCUT2D eigenvalue weighted by molar-refractivity contribution is 6.13. The van der Waals surface area contributed by atoms with E-state index in [1.807, 2.05) is 18.2 Å². The molecule has 144 valence electrons. The van der Waals surface area contributed by atoms with Gasteiger partial charge in [0.1, 0.15) is 5.82 Å². The third-order valence-corrected chi connectivity index (χ3v) is 5.40. The summed E-state index contributed by atoms with van der Waals surface area (Å²) in [6.45, 7) is 2.21. The monoisotopic (exact) mass is 378 g/mol. The lowest BCUT2D eigenvalue weighted by molar-refractivity contribution is 0.103. The third kappa shape index (κ3) is 3.26. The first-order valence-electron chi connectivity index (χ1n) is 10.0. The lowest BCUT2D eigenvalue weighted by atomic mass is 10.0. The Morgan fingerprint density at radius 1 is 0.964 bits per heavy atom. The van der Waals surface area contributed by atoms with Crippen LogP contribution in [-0.2, 0) is 6.42 Å². The van der Waals surface area contributed by atoms with Crippen LogP contribution in [0.2, 0.25) is 0 Å². The zero-order valence-corrected chi connectivity index (χ0v) is 16.0. The van der Waals surface area contributed by atoms with E-state index < -0.39 is 5.82 Å². The first-order valence-corrected chi connectivity index (χ1v) is 10.0. The summed E-state index contributed by atoms with van der Waals surface area (Å²) in [5, 5.41) is 0.307. The number of aromatic nitrogens is 2. The van der Waals surface area contributed by atoms with E-state index in [1.54, 1.807) is 0 Å². The molecule has 2 heterocycles. The van der Waals surface area contributed by atoms with Gasteiger partial charge in [0.2, 0.25) is 5.78 Å². The maximum absolute atomic E-state index is 13.5. The molecule has 2 aromatic carbocycles. The fraction of sp³-hybridized carbons (Fsp3) is 0.348. The topological polar surface area (TPSA) is 52.0 Å². The highest BCUT2D eigenvalue weighted by Gasteiger charge is 2.30. The second kappa shape index (κ2) is 7.66. The first-order chi connectivity index (χ1) is 13.6. The SMILES string of the molecule is CCCCCCCCc1ccc2c(c1)C(=O)c1nc3cc(F)ccc3c(=O)n1-2. The van der Waals surface area contributed by atoms with Gasteiger partial charge in [0.25, 0.3) is 5.56 Å². The van der Waals surface area contributed by atoms with Gasteiger partial charge in [-0.15, -0.1) is 0 Å². The van der Waals surface area contributed by atoms with E-state index in [1.165, 1.54) is 54.9 Å². The molecule has 1 aromatic heterocycles. The highest BCUT2D eigenvalue weighted by atomic mass is 19.1. The van der Waals surface area contributed by atoms with E-state index in [2.05, 4.69) is 11.9 Å². The Labute approximate surface area is 163 Å². The van der Waals surface area contributed by atoms with Gasteiger partial charge in [-0.1, -0.05) is 45.1 Å². The van der Waals surface area contributed by atoms with E-state index in [-0.39, 0.29) is 22.7 Å². The van der Waals surface area contributed by atoms with E-state index in [4.69, 9.17) is 0 Å². The van der Waals surface area contributed by atoms with Crippen molar-refractivity contribution in [2.24, 2.45) is 0 Å². The predicted molar refractivity (Wildman–Crippen MR) is 108 cm³/mol. The zero-order valence-electron chi connectivity index (χ0n) is 16.0. The van der Waals surface area contributed by atoms with Crippen molar-refractivity contribution in [3.8, 4) is 5.69 Å². The van der Waals surface area contributed by atoms with Crippen LogP contribution in [0.5, 0.6) is 0 Å². The fourth-order valence-electron chi connectivity index (χ4n) is 3.88. The number of rotatable bonds is 7. The number of hydrogen-bond donors (Lipinski definition) is 0. The number of hydrogen-bond acceptors (Lipinski definition) is 3. The second-order valence-corrected chi connectivity index (χ2v) is 7.44. The summed E-state index contributed by atoms with van der Waals surface area (Å²) >= 11 is 0. The molecule has 0 saturated heterocycles. The molecule has 0 aliphatic carbocycles.